The number of rotatable bonds is 2. The lowest BCUT2D eigenvalue weighted by Crippen LogP contribution is -3.14. The zero-order chi connectivity index (χ0) is 14.5. The maximum absolute atomic E-state index is 13.0. The van der Waals surface area contributed by atoms with E-state index in [1.807, 2.05) is 18.7 Å². The van der Waals surface area contributed by atoms with Crippen LogP contribution in [0.3, 0.4) is 0 Å². The predicted octanol–water partition coefficient (Wildman–Crippen LogP) is 0.129. The summed E-state index contributed by atoms with van der Waals surface area (Å²) >= 11 is 0. The zero-order valence-corrected chi connectivity index (χ0v) is 13.0. The summed E-state index contributed by atoms with van der Waals surface area (Å²) in [6.45, 7) is 11.1. The van der Waals surface area contributed by atoms with E-state index < -0.39 is 5.41 Å². The Kier molecular flexibility index (Phi) is 3.20. The fourth-order valence-electron chi connectivity index (χ4n) is 4.64. The highest BCUT2D eigenvalue weighted by Crippen LogP contribution is 2.60. The summed E-state index contributed by atoms with van der Waals surface area (Å²) in [7, 11) is 0. The van der Waals surface area contributed by atoms with Crippen LogP contribution >= 0.6 is 0 Å². The molecule has 3 aliphatic rings. The molecule has 0 spiro atoms. The van der Waals surface area contributed by atoms with Crippen LogP contribution in [0.1, 0.15) is 40.0 Å². The summed E-state index contributed by atoms with van der Waals surface area (Å²) < 4.78 is 0. The fraction of sp³-hybridized carbons (Fsp3) is 0.875. The highest BCUT2D eigenvalue weighted by molar-refractivity contribution is 6.10. The first-order valence-electron chi connectivity index (χ1n) is 8.09. The Hall–Kier alpha value is -0.900. The third-order valence-corrected chi connectivity index (χ3v) is 6.22. The van der Waals surface area contributed by atoms with E-state index >= 15 is 0 Å². The van der Waals surface area contributed by atoms with Crippen LogP contribution in [-0.2, 0) is 9.59 Å². The lowest BCUT2D eigenvalue weighted by Gasteiger charge is -2.38. The Morgan fingerprint density at radius 3 is 2.50 bits per heavy atom. The molecule has 3 fully saturated rings. The van der Waals surface area contributed by atoms with Crippen molar-refractivity contribution in [2.45, 2.75) is 40.0 Å². The molecule has 0 aromatic heterocycles. The molecule has 112 valence electrons. The van der Waals surface area contributed by atoms with E-state index in [0.717, 1.165) is 52.0 Å². The Morgan fingerprint density at radius 2 is 2.00 bits per heavy atom. The molecule has 0 aromatic rings. The molecule has 1 amide bonds. The van der Waals surface area contributed by atoms with Crippen LogP contribution in [-0.4, -0.2) is 49.3 Å². The molecule has 2 aliphatic carbocycles. The molecule has 1 heterocycles. The quantitative estimate of drug-likeness (QED) is 0.730. The number of likely N-dealkylation sites (N-methyl/N-ethyl adjacent to an activating group) is 1. The topological polar surface area (TPSA) is 41.8 Å². The van der Waals surface area contributed by atoms with Gasteiger partial charge in [-0.2, -0.15) is 0 Å². The normalized spacial score (nSPS) is 36.6. The number of nitrogens with one attached hydrogen (secondary N) is 1. The average Bonchev–Trinajstić information content (AvgIpc) is 2.98. The number of hydrogen-bond acceptors (Lipinski definition) is 2. The van der Waals surface area contributed by atoms with Crippen LogP contribution in [0.15, 0.2) is 0 Å². The Bertz CT molecular complexity index is 438. The minimum atomic E-state index is -0.655. The number of Topliss-reactive ketones (excluding diaryl/α,β-unsaturated/α-hetero) is 1. The van der Waals surface area contributed by atoms with Gasteiger partial charge in [0.1, 0.15) is 5.41 Å². The Labute approximate surface area is 121 Å². The lowest BCUT2D eigenvalue weighted by molar-refractivity contribution is -0.902. The van der Waals surface area contributed by atoms with Gasteiger partial charge in [0.05, 0.1) is 32.7 Å². The van der Waals surface area contributed by atoms with Crippen molar-refractivity contribution >= 4 is 11.7 Å². The number of piperazine rings is 1. The molecule has 1 saturated heterocycles. The maximum Gasteiger partial charge on any atom is 0.236 e. The number of fused-ring (bicyclic) bond motifs is 2. The van der Waals surface area contributed by atoms with Gasteiger partial charge in [0, 0.05) is 5.41 Å². The molecule has 0 radical (unpaired) electrons. The minimum Gasteiger partial charge on any atom is -0.332 e. The lowest BCUT2D eigenvalue weighted by atomic mass is 9.70. The molecule has 2 bridgehead atoms. The van der Waals surface area contributed by atoms with Gasteiger partial charge < -0.3 is 9.80 Å². The zero-order valence-electron chi connectivity index (χ0n) is 13.0. The first-order chi connectivity index (χ1) is 9.41. The van der Waals surface area contributed by atoms with Gasteiger partial charge in [0.25, 0.3) is 0 Å². The first-order valence-corrected chi connectivity index (χ1v) is 8.09. The SMILES string of the molecule is CC[NH+]1CCN(C(=O)C23CCC(C2)C(C)(C)C3=O)CC1. The van der Waals surface area contributed by atoms with Gasteiger partial charge in [0.2, 0.25) is 5.91 Å². The third kappa shape index (κ3) is 1.77. The van der Waals surface area contributed by atoms with Crippen molar-refractivity contribution < 1.29 is 14.5 Å². The van der Waals surface area contributed by atoms with Gasteiger partial charge in [-0.15, -0.1) is 0 Å². The van der Waals surface area contributed by atoms with E-state index in [1.54, 1.807) is 4.90 Å². The Morgan fingerprint density at radius 1 is 1.35 bits per heavy atom. The second kappa shape index (κ2) is 4.55. The van der Waals surface area contributed by atoms with Gasteiger partial charge >= 0.3 is 0 Å². The van der Waals surface area contributed by atoms with Crippen molar-refractivity contribution in [1.29, 1.82) is 0 Å². The van der Waals surface area contributed by atoms with Gasteiger partial charge in [-0.05, 0) is 32.1 Å². The van der Waals surface area contributed by atoms with Crippen LogP contribution in [0.2, 0.25) is 0 Å². The van der Waals surface area contributed by atoms with Gasteiger partial charge in [-0.25, -0.2) is 0 Å². The Balaban J connectivity index is 1.77. The van der Waals surface area contributed by atoms with Crippen LogP contribution in [0.4, 0.5) is 0 Å². The summed E-state index contributed by atoms with van der Waals surface area (Å²) in [6.07, 6.45) is 2.64. The number of nitrogens with zero attached hydrogens (tertiary/aromatic N) is 1. The van der Waals surface area contributed by atoms with Crippen molar-refractivity contribution in [2.75, 3.05) is 32.7 Å². The molecule has 4 heteroatoms. The van der Waals surface area contributed by atoms with E-state index in [9.17, 15) is 9.59 Å². The van der Waals surface area contributed by atoms with Crippen molar-refractivity contribution in [3.63, 3.8) is 0 Å². The second-order valence-electron chi connectivity index (χ2n) is 7.47. The van der Waals surface area contributed by atoms with E-state index in [-0.39, 0.29) is 17.1 Å². The molecular formula is C16H27N2O2+. The number of ketones is 1. The molecule has 1 N–H and O–H groups in total. The molecule has 0 aromatic carbocycles. The number of carbonyl (C=O) groups excluding carboxylic acids is 2. The van der Waals surface area contributed by atoms with Crippen LogP contribution in [0.25, 0.3) is 0 Å². The predicted molar refractivity (Wildman–Crippen MR) is 76.4 cm³/mol. The van der Waals surface area contributed by atoms with Crippen molar-refractivity contribution in [3.05, 3.63) is 0 Å². The number of carbonyl (C=O) groups is 2. The maximum atomic E-state index is 13.0. The monoisotopic (exact) mass is 279 g/mol. The molecule has 4 nitrogen and oxygen atoms in total. The summed E-state index contributed by atoms with van der Waals surface area (Å²) in [5.74, 6) is 0.781. The van der Waals surface area contributed by atoms with Crippen molar-refractivity contribution in [2.24, 2.45) is 16.7 Å². The molecule has 2 atom stereocenters. The van der Waals surface area contributed by atoms with Gasteiger partial charge in [0.15, 0.2) is 5.78 Å². The third-order valence-electron chi connectivity index (χ3n) is 6.22. The van der Waals surface area contributed by atoms with E-state index in [2.05, 4.69) is 6.92 Å². The summed E-state index contributed by atoms with van der Waals surface area (Å²) in [4.78, 5) is 29.3. The standard InChI is InChI=1S/C16H26N2O2/c1-4-17-7-9-18(10-8-17)14(20)16-6-5-12(11-16)15(2,3)13(16)19/h12H,4-11H2,1-3H3/p+1. The van der Waals surface area contributed by atoms with E-state index in [1.165, 1.54) is 0 Å². The van der Waals surface area contributed by atoms with Gasteiger partial charge in [-0.3, -0.25) is 9.59 Å². The van der Waals surface area contributed by atoms with Gasteiger partial charge in [-0.1, -0.05) is 13.8 Å². The summed E-state index contributed by atoms with van der Waals surface area (Å²) in [5.41, 5.74) is -0.942. The molecular weight excluding hydrogens is 252 g/mol. The molecule has 1 aliphatic heterocycles. The second-order valence-corrected chi connectivity index (χ2v) is 7.47. The number of amides is 1. The van der Waals surface area contributed by atoms with Crippen molar-refractivity contribution in [1.82, 2.24) is 4.90 Å². The first kappa shape index (κ1) is 14.1. The highest BCUT2D eigenvalue weighted by Gasteiger charge is 2.65. The van der Waals surface area contributed by atoms with Crippen LogP contribution in [0, 0.1) is 16.7 Å². The largest absolute Gasteiger partial charge is 0.332 e. The van der Waals surface area contributed by atoms with Crippen molar-refractivity contribution in [3.8, 4) is 0 Å². The molecule has 3 rings (SSSR count). The minimum absolute atomic E-state index is 0.144. The average molecular weight is 279 g/mol. The van der Waals surface area contributed by atoms with Crippen LogP contribution in [0.5, 0.6) is 0 Å². The fourth-order valence-corrected chi connectivity index (χ4v) is 4.64. The van der Waals surface area contributed by atoms with E-state index in [0.29, 0.717) is 5.92 Å². The highest BCUT2D eigenvalue weighted by atomic mass is 16.2. The number of quaternary nitrogens is 1. The molecule has 2 saturated carbocycles. The molecule has 20 heavy (non-hydrogen) atoms. The summed E-state index contributed by atoms with van der Waals surface area (Å²) in [5, 5.41) is 0. The van der Waals surface area contributed by atoms with E-state index in [4.69, 9.17) is 0 Å². The smallest absolute Gasteiger partial charge is 0.236 e. The number of hydrogen-bond donors (Lipinski definition) is 1. The molecule has 2 unspecified atom stereocenters. The summed E-state index contributed by atoms with van der Waals surface area (Å²) in [6, 6.07) is 0. The van der Waals surface area contributed by atoms with Crippen LogP contribution < -0.4 is 4.90 Å².